The van der Waals surface area contributed by atoms with Crippen molar-refractivity contribution in [1.82, 2.24) is 4.57 Å². The molecule has 56 heavy (non-hydrogen) atoms. The van der Waals surface area contributed by atoms with Crippen LogP contribution in [0.3, 0.4) is 0 Å². The third kappa shape index (κ3) is 4.62. The third-order valence-electron chi connectivity index (χ3n) is 12.2. The molecule has 0 amide bonds. The summed E-state index contributed by atoms with van der Waals surface area (Å²) >= 11 is 0. The third-order valence-corrected chi connectivity index (χ3v) is 12.2. The highest BCUT2D eigenvalue weighted by atomic mass is 15.1. The zero-order valence-corrected chi connectivity index (χ0v) is 32.4. The molecular weight excluding hydrogens is 677 g/mol. The lowest BCUT2D eigenvalue weighted by atomic mass is 9.63. The van der Waals surface area contributed by atoms with E-state index >= 15 is 0 Å². The highest BCUT2D eigenvalue weighted by Gasteiger charge is 2.47. The molecule has 0 unspecified atom stereocenters. The highest BCUT2D eigenvalue weighted by Crippen LogP contribution is 2.59. The molecule has 2 heterocycles. The normalized spacial score (nSPS) is 14.0. The van der Waals surface area contributed by atoms with Crippen LogP contribution in [0.1, 0.15) is 61.1 Å². The van der Waals surface area contributed by atoms with Crippen LogP contribution in [0.5, 0.6) is 0 Å². The fourth-order valence-corrected chi connectivity index (χ4v) is 10.1. The summed E-state index contributed by atoms with van der Waals surface area (Å²) in [4.78, 5) is 2.43. The Morgan fingerprint density at radius 1 is 0.446 bits per heavy atom. The molecule has 0 radical (unpaired) electrons. The number of benzene rings is 8. The second-order valence-corrected chi connectivity index (χ2v) is 15.3. The summed E-state index contributed by atoms with van der Waals surface area (Å²) in [5.74, 6) is 0. The van der Waals surface area contributed by atoms with Crippen LogP contribution in [0.15, 0.2) is 194 Å². The maximum atomic E-state index is 2.58. The highest BCUT2D eigenvalue weighted by molar-refractivity contribution is 6.17. The van der Waals surface area contributed by atoms with E-state index in [1.54, 1.807) is 0 Å². The van der Waals surface area contributed by atoms with Crippen LogP contribution in [0.4, 0.5) is 17.1 Å². The Bertz CT molecular complexity index is 2810. The maximum Gasteiger partial charge on any atom is 0.0743 e. The SMILES string of the molecule is CC.CC1(C)c2ccccc2-c2ccc3c(c21)c1cc(N(c2ccccc2)c2ccccc2)cc2c1n3-c1ccccc1C2(c1ccccc1)c1ccccc1. The summed E-state index contributed by atoms with van der Waals surface area (Å²) in [6.45, 7) is 8.83. The van der Waals surface area contributed by atoms with Crippen LogP contribution in [0.25, 0.3) is 38.6 Å². The predicted octanol–water partition coefficient (Wildman–Crippen LogP) is 14.3. The van der Waals surface area contributed by atoms with Crippen molar-refractivity contribution >= 4 is 38.9 Å². The van der Waals surface area contributed by atoms with Gasteiger partial charge in [0.25, 0.3) is 0 Å². The van der Waals surface area contributed by atoms with Crippen LogP contribution >= 0.6 is 0 Å². The van der Waals surface area contributed by atoms with Crippen LogP contribution in [-0.4, -0.2) is 4.57 Å². The van der Waals surface area contributed by atoms with Gasteiger partial charge in [-0.05, 0) is 93.0 Å². The first-order chi connectivity index (χ1) is 27.6. The summed E-state index contributed by atoms with van der Waals surface area (Å²) in [6, 6.07) is 71.9. The number of hydrogen-bond donors (Lipinski definition) is 0. The number of anilines is 3. The summed E-state index contributed by atoms with van der Waals surface area (Å²) in [6.07, 6.45) is 0. The molecule has 1 aliphatic heterocycles. The molecule has 1 aromatic heterocycles. The van der Waals surface area contributed by atoms with E-state index in [0.29, 0.717) is 0 Å². The average molecular weight is 721 g/mol. The first-order valence-corrected chi connectivity index (χ1v) is 20.0. The van der Waals surface area contributed by atoms with E-state index in [4.69, 9.17) is 0 Å². The lowest BCUT2D eigenvalue weighted by Gasteiger charge is -2.42. The van der Waals surface area contributed by atoms with Crippen LogP contribution in [0, 0.1) is 0 Å². The molecule has 0 bridgehead atoms. The topological polar surface area (TPSA) is 8.17 Å². The molecule has 11 rings (SSSR count). The van der Waals surface area contributed by atoms with Gasteiger partial charge in [0, 0.05) is 33.2 Å². The Hall–Kier alpha value is -6.64. The van der Waals surface area contributed by atoms with Crippen LogP contribution in [-0.2, 0) is 10.8 Å². The Morgan fingerprint density at radius 2 is 0.964 bits per heavy atom. The van der Waals surface area contributed by atoms with Gasteiger partial charge in [-0.25, -0.2) is 0 Å². The Morgan fingerprint density at radius 3 is 1.57 bits per heavy atom. The molecule has 2 heteroatoms. The number of para-hydroxylation sites is 3. The molecule has 2 aliphatic rings. The van der Waals surface area contributed by atoms with Crippen molar-refractivity contribution in [3.8, 4) is 16.8 Å². The minimum atomic E-state index is -0.599. The van der Waals surface area contributed by atoms with E-state index < -0.39 is 5.41 Å². The number of hydrogen-bond acceptors (Lipinski definition) is 1. The van der Waals surface area contributed by atoms with Gasteiger partial charge in [-0.1, -0.05) is 173 Å². The quantitative estimate of drug-likeness (QED) is 0.172. The Balaban J connectivity index is 0.00000189. The summed E-state index contributed by atoms with van der Waals surface area (Å²) in [7, 11) is 0. The second-order valence-electron chi connectivity index (χ2n) is 15.3. The average Bonchev–Trinajstić information content (AvgIpc) is 3.72. The molecule has 0 N–H and O–H groups in total. The van der Waals surface area contributed by atoms with Crippen molar-refractivity contribution in [2.24, 2.45) is 0 Å². The van der Waals surface area contributed by atoms with Crippen molar-refractivity contribution in [3.05, 3.63) is 228 Å². The zero-order chi connectivity index (χ0) is 38.0. The van der Waals surface area contributed by atoms with E-state index in [1.165, 1.54) is 72.0 Å². The van der Waals surface area contributed by atoms with E-state index in [-0.39, 0.29) is 5.41 Å². The first-order valence-electron chi connectivity index (χ1n) is 20.0. The molecule has 270 valence electrons. The van der Waals surface area contributed by atoms with E-state index in [9.17, 15) is 0 Å². The minimum Gasteiger partial charge on any atom is -0.310 e. The summed E-state index contributed by atoms with van der Waals surface area (Å²) < 4.78 is 2.58. The van der Waals surface area contributed by atoms with Gasteiger partial charge < -0.3 is 9.47 Å². The molecule has 0 saturated heterocycles. The smallest absolute Gasteiger partial charge is 0.0743 e. The Kier molecular flexibility index (Phi) is 7.87. The van der Waals surface area contributed by atoms with Crippen molar-refractivity contribution in [1.29, 1.82) is 0 Å². The molecule has 0 saturated carbocycles. The molecule has 9 aromatic rings. The van der Waals surface area contributed by atoms with Gasteiger partial charge in [0.15, 0.2) is 0 Å². The van der Waals surface area contributed by atoms with Gasteiger partial charge in [-0.3, -0.25) is 0 Å². The van der Waals surface area contributed by atoms with Crippen molar-refractivity contribution in [2.75, 3.05) is 4.90 Å². The van der Waals surface area contributed by atoms with Gasteiger partial charge in [-0.15, -0.1) is 0 Å². The molecule has 0 spiro atoms. The van der Waals surface area contributed by atoms with Crippen molar-refractivity contribution < 1.29 is 0 Å². The van der Waals surface area contributed by atoms with Gasteiger partial charge in [-0.2, -0.15) is 0 Å². The van der Waals surface area contributed by atoms with Crippen LogP contribution in [0.2, 0.25) is 0 Å². The number of fused-ring (bicyclic) bond motifs is 9. The van der Waals surface area contributed by atoms with Gasteiger partial charge in [0.1, 0.15) is 0 Å². The summed E-state index contributed by atoms with van der Waals surface area (Å²) in [5, 5.41) is 2.61. The van der Waals surface area contributed by atoms with E-state index in [0.717, 1.165) is 17.1 Å². The Labute approximate surface area is 330 Å². The zero-order valence-electron chi connectivity index (χ0n) is 32.4. The molecule has 0 fully saturated rings. The second kappa shape index (κ2) is 13.0. The van der Waals surface area contributed by atoms with Crippen molar-refractivity contribution in [3.63, 3.8) is 0 Å². The fourth-order valence-electron chi connectivity index (χ4n) is 10.1. The fraction of sp³-hybridized carbons (Fsp3) is 0.111. The largest absolute Gasteiger partial charge is 0.310 e. The van der Waals surface area contributed by atoms with Gasteiger partial charge in [0.2, 0.25) is 0 Å². The standard InChI is InChI=1S/C52H38N2.C2H6/c1-51(2)43-28-16-15-27-40(43)41-31-32-47-48(49(41)51)42-33-39(53(37-23-11-5-12-24-37)38-25-13-6-14-26-38)34-45-50(42)54(47)46-30-18-17-29-44(46)52(45,35-19-7-3-8-20-35)36-21-9-4-10-22-36;1-2/h3-34H,1-2H3;1-2H3. The molecule has 1 aliphatic carbocycles. The van der Waals surface area contributed by atoms with Gasteiger partial charge >= 0.3 is 0 Å². The maximum absolute atomic E-state index is 2.58. The van der Waals surface area contributed by atoms with Crippen LogP contribution < -0.4 is 4.90 Å². The lowest BCUT2D eigenvalue weighted by Crippen LogP contribution is -2.35. The molecule has 0 atom stereocenters. The predicted molar refractivity (Wildman–Crippen MR) is 236 cm³/mol. The van der Waals surface area contributed by atoms with Gasteiger partial charge in [0.05, 0.1) is 22.1 Å². The molecule has 8 aromatic carbocycles. The minimum absolute atomic E-state index is 0.192. The van der Waals surface area contributed by atoms with E-state index in [1.807, 2.05) is 13.8 Å². The number of rotatable bonds is 5. The molecule has 2 nitrogen and oxygen atoms in total. The van der Waals surface area contributed by atoms with Crippen molar-refractivity contribution in [2.45, 2.75) is 38.5 Å². The summed E-state index contributed by atoms with van der Waals surface area (Å²) in [5.41, 5.74) is 16.9. The number of aromatic nitrogens is 1. The number of nitrogens with zero attached hydrogens (tertiary/aromatic N) is 2. The monoisotopic (exact) mass is 720 g/mol. The first kappa shape index (κ1) is 33.9. The lowest BCUT2D eigenvalue weighted by molar-refractivity contribution is 0.666. The molecular formula is C54H44N2. The van der Waals surface area contributed by atoms with E-state index in [2.05, 4.69) is 217 Å².